The van der Waals surface area contributed by atoms with Crippen LogP contribution in [0, 0.1) is 0 Å². The maximum Gasteiger partial charge on any atom is 0.268 e. The third-order valence-corrected chi connectivity index (χ3v) is 4.91. The van der Waals surface area contributed by atoms with E-state index in [0.717, 1.165) is 35.7 Å². The monoisotopic (exact) mass is 377 g/mol. The highest BCUT2D eigenvalue weighted by molar-refractivity contribution is 5.59. The Bertz CT molecular complexity index is 970. The summed E-state index contributed by atoms with van der Waals surface area (Å²) in [5.74, 6) is 0.789. The van der Waals surface area contributed by atoms with Crippen molar-refractivity contribution in [2.75, 3.05) is 26.8 Å². The van der Waals surface area contributed by atoms with Gasteiger partial charge in [-0.2, -0.15) is 5.10 Å². The van der Waals surface area contributed by atoms with Crippen molar-refractivity contribution in [2.45, 2.75) is 12.8 Å². The van der Waals surface area contributed by atoms with E-state index in [1.165, 1.54) is 4.68 Å². The average Bonchev–Trinajstić information content (AvgIpc) is 2.76. The van der Waals surface area contributed by atoms with Crippen LogP contribution in [0.5, 0.6) is 5.75 Å². The Morgan fingerprint density at radius 3 is 2.61 bits per heavy atom. The van der Waals surface area contributed by atoms with E-state index in [1.54, 1.807) is 19.2 Å². The maximum atomic E-state index is 12.4. The van der Waals surface area contributed by atoms with E-state index in [9.17, 15) is 4.79 Å². The zero-order chi connectivity index (χ0) is 19.3. The molecule has 0 spiro atoms. The van der Waals surface area contributed by atoms with Crippen LogP contribution in [0.3, 0.4) is 0 Å². The summed E-state index contributed by atoms with van der Waals surface area (Å²) >= 11 is 0. The van der Waals surface area contributed by atoms with Crippen molar-refractivity contribution in [1.29, 1.82) is 0 Å². The molecule has 0 amide bonds. The lowest BCUT2D eigenvalue weighted by molar-refractivity contribution is -0.0421. The maximum absolute atomic E-state index is 12.4. The van der Waals surface area contributed by atoms with E-state index in [2.05, 4.69) is 22.1 Å². The second-order valence-electron chi connectivity index (χ2n) is 6.77. The Hall–Kier alpha value is -2.96. The van der Waals surface area contributed by atoms with Crippen molar-refractivity contribution in [3.63, 3.8) is 0 Å². The summed E-state index contributed by atoms with van der Waals surface area (Å²) < 4.78 is 12.6. The lowest BCUT2D eigenvalue weighted by Crippen LogP contribution is -2.42. The van der Waals surface area contributed by atoms with Gasteiger partial charge in [0.25, 0.3) is 5.56 Å². The molecule has 3 aromatic rings. The topological polar surface area (TPSA) is 56.6 Å². The first-order valence-electron chi connectivity index (χ1n) is 9.34. The van der Waals surface area contributed by atoms with Crippen LogP contribution in [0.1, 0.15) is 11.7 Å². The molecule has 0 unspecified atom stereocenters. The van der Waals surface area contributed by atoms with Gasteiger partial charge in [-0.3, -0.25) is 9.69 Å². The Morgan fingerprint density at radius 1 is 1.07 bits per heavy atom. The molecular formula is C22H23N3O3. The number of ether oxygens (including phenoxy) is 2. The normalized spacial score (nSPS) is 17.4. The number of rotatable bonds is 5. The number of hydrogen-bond donors (Lipinski definition) is 0. The molecule has 0 bridgehead atoms. The lowest BCUT2D eigenvalue weighted by atomic mass is 10.1. The fourth-order valence-electron chi connectivity index (χ4n) is 3.36. The molecule has 0 aliphatic carbocycles. The zero-order valence-electron chi connectivity index (χ0n) is 15.8. The predicted octanol–water partition coefficient (Wildman–Crippen LogP) is 2.95. The van der Waals surface area contributed by atoms with Crippen molar-refractivity contribution in [1.82, 2.24) is 14.7 Å². The standard InChI is InChI=1S/C22H23N3O3/c1-27-19-9-7-17(8-10-19)20-11-12-22(26)25(23-20)16-24-13-14-28-21(15-24)18-5-3-2-4-6-18/h2-12,21H,13-16H2,1H3/t21-/m1/s1. The molecule has 2 heterocycles. The molecule has 0 radical (unpaired) electrons. The van der Waals surface area contributed by atoms with Gasteiger partial charge in [-0.15, -0.1) is 0 Å². The summed E-state index contributed by atoms with van der Waals surface area (Å²) in [7, 11) is 1.64. The molecule has 4 rings (SSSR count). The van der Waals surface area contributed by atoms with Gasteiger partial charge in [-0.05, 0) is 35.9 Å². The van der Waals surface area contributed by atoms with E-state index < -0.39 is 0 Å². The number of nitrogens with zero attached hydrogens (tertiary/aromatic N) is 3. The molecule has 1 aliphatic heterocycles. The Morgan fingerprint density at radius 2 is 1.86 bits per heavy atom. The fraction of sp³-hybridized carbons (Fsp3) is 0.273. The van der Waals surface area contributed by atoms with Crippen LogP contribution >= 0.6 is 0 Å². The molecule has 144 valence electrons. The van der Waals surface area contributed by atoms with Gasteiger partial charge in [-0.25, -0.2) is 4.68 Å². The van der Waals surface area contributed by atoms with Crippen molar-refractivity contribution in [3.05, 3.63) is 82.6 Å². The molecule has 1 fully saturated rings. The van der Waals surface area contributed by atoms with E-state index >= 15 is 0 Å². The van der Waals surface area contributed by atoms with E-state index in [0.29, 0.717) is 13.3 Å². The van der Waals surface area contributed by atoms with Gasteiger partial charge in [0.15, 0.2) is 0 Å². The molecule has 1 atom stereocenters. The molecule has 6 nitrogen and oxygen atoms in total. The van der Waals surface area contributed by atoms with Crippen molar-refractivity contribution in [2.24, 2.45) is 0 Å². The van der Waals surface area contributed by atoms with Crippen LogP contribution in [-0.4, -0.2) is 41.5 Å². The third-order valence-electron chi connectivity index (χ3n) is 4.91. The van der Waals surface area contributed by atoms with Gasteiger partial charge in [-0.1, -0.05) is 30.3 Å². The summed E-state index contributed by atoms with van der Waals surface area (Å²) in [5, 5.41) is 4.57. The molecule has 28 heavy (non-hydrogen) atoms. The number of morpholine rings is 1. The Balaban J connectivity index is 1.51. The minimum Gasteiger partial charge on any atom is -0.497 e. The summed E-state index contributed by atoms with van der Waals surface area (Å²) in [4.78, 5) is 14.6. The first-order chi connectivity index (χ1) is 13.7. The van der Waals surface area contributed by atoms with Crippen LogP contribution in [0.4, 0.5) is 0 Å². The van der Waals surface area contributed by atoms with Gasteiger partial charge in [0.1, 0.15) is 5.75 Å². The number of benzene rings is 2. The Kier molecular flexibility index (Phi) is 5.50. The molecule has 6 heteroatoms. The summed E-state index contributed by atoms with van der Waals surface area (Å²) in [5.41, 5.74) is 2.74. The van der Waals surface area contributed by atoms with Gasteiger partial charge in [0.2, 0.25) is 0 Å². The highest BCUT2D eigenvalue weighted by Gasteiger charge is 2.22. The highest BCUT2D eigenvalue weighted by atomic mass is 16.5. The van der Waals surface area contributed by atoms with Gasteiger partial charge in [0.05, 0.1) is 32.2 Å². The number of aromatic nitrogens is 2. The van der Waals surface area contributed by atoms with Crippen molar-refractivity contribution >= 4 is 0 Å². The van der Waals surface area contributed by atoms with E-state index in [4.69, 9.17) is 9.47 Å². The fourth-order valence-corrected chi connectivity index (χ4v) is 3.36. The van der Waals surface area contributed by atoms with Crippen LogP contribution in [0.15, 0.2) is 71.5 Å². The van der Waals surface area contributed by atoms with Gasteiger partial charge >= 0.3 is 0 Å². The number of hydrogen-bond acceptors (Lipinski definition) is 5. The van der Waals surface area contributed by atoms with Crippen molar-refractivity contribution in [3.8, 4) is 17.0 Å². The van der Waals surface area contributed by atoms with Crippen LogP contribution < -0.4 is 10.3 Å². The second kappa shape index (κ2) is 8.37. The van der Waals surface area contributed by atoms with Gasteiger partial charge in [0, 0.05) is 24.7 Å². The Labute approximate surface area is 163 Å². The summed E-state index contributed by atoms with van der Waals surface area (Å²) in [6.07, 6.45) is 0.00965. The van der Waals surface area contributed by atoms with E-state index in [1.807, 2.05) is 42.5 Å². The second-order valence-corrected chi connectivity index (χ2v) is 6.77. The van der Waals surface area contributed by atoms with Crippen LogP contribution in [-0.2, 0) is 11.4 Å². The first-order valence-corrected chi connectivity index (χ1v) is 9.34. The molecule has 0 saturated carbocycles. The van der Waals surface area contributed by atoms with Crippen LogP contribution in [0.25, 0.3) is 11.3 Å². The SMILES string of the molecule is COc1ccc(-c2ccc(=O)n(CN3CCO[C@@H](c4ccccc4)C3)n2)cc1. The minimum atomic E-state index is -0.111. The van der Waals surface area contributed by atoms with E-state index in [-0.39, 0.29) is 11.7 Å². The smallest absolute Gasteiger partial charge is 0.268 e. The first kappa shape index (κ1) is 18.4. The van der Waals surface area contributed by atoms with Crippen LogP contribution in [0.2, 0.25) is 0 Å². The predicted molar refractivity (Wildman–Crippen MR) is 107 cm³/mol. The van der Waals surface area contributed by atoms with Crippen molar-refractivity contribution < 1.29 is 9.47 Å². The minimum absolute atomic E-state index is 0.00965. The number of methoxy groups -OCH3 is 1. The summed E-state index contributed by atoms with van der Waals surface area (Å²) in [6.45, 7) is 2.57. The van der Waals surface area contributed by atoms with Gasteiger partial charge < -0.3 is 9.47 Å². The molecule has 2 aromatic carbocycles. The lowest BCUT2D eigenvalue weighted by Gasteiger charge is -2.33. The molecule has 0 N–H and O–H groups in total. The summed E-state index contributed by atoms with van der Waals surface area (Å²) in [6, 6.07) is 21.2. The molecule has 1 aliphatic rings. The molecular weight excluding hydrogens is 354 g/mol. The zero-order valence-corrected chi connectivity index (χ0v) is 15.8. The highest BCUT2D eigenvalue weighted by Crippen LogP contribution is 2.22. The average molecular weight is 377 g/mol. The third kappa shape index (κ3) is 4.13. The largest absolute Gasteiger partial charge is 0.497 e. The quantitative estimate of drug-likeness (QED) is 0.684. The molecule has 1 saturated heterocycles. The molecule has 1 aromatic heterocycles.